The Morgan fingerprint density at radius 1 is 0.974 bits per heavy atom. The van der Waals surface area contributed by atoms with E-state index in [0.29, 0.717) is 13.0 Å². The molecule has 11 heteroatoms. The Labute approximate surface area is 213 Å². The molecule has 1 fully saturated rings. The van der Waals surface area contributed by atoms with Gasteiger partial charge in [0.1, 0.15) is 17.8 Å². The maximum absolute atomic E-state index is 14.7. The largest absolute Gasteiger partial charge is 0.417 e. The summed E-state index contributed by atoms with van der Waals surface area (Å²) < 4.78 is 84.8. The van der Waals surface area contributed by atoms with Crippen LogP contribution in [0.15, 0.2) is 54.6 Å². The zero-order valence-electron chi connectivity index (χ0n) is 19.6. The number of fused-ring (bicyclic) bond motifs is 1. The van der Waals surface area contributed by atoms with Crippen molar-refractivity contribution < 1.29 is 26.3 Å². The fourth-order valence-corrected chi connectivity index (χ4v) is 4.54. The number of nitrogens with zero attached hydrogens (tertiary/aromatic N) is 4. The molecule has 1 aliphatic rings. The highest BCUT2D eigenvalue weighted by atomic mass is 19.4. The summed E-state index contributed by atoms with van der Waals surface area (Å²) in [5.41, 5.74) is 4.32. The van der Waals surface area contributed by atoms with Crippen molar-refractivity contribution in [3.8, 4) is 22.4 Å². The molecule has 5 nitrogen and oxygen atoms in total. The van der Waals surface area contributed by atoms with Gasteiger partial charge in [0, 0.05) is 29.1 Å². The van der Waals surface area contributed by atoms with Gasteiger partial charge in [0.15, 0.2) is 0 Å². The average molecular weight is 527 g/mol. The van der Waals surface area contributed by atoms with Gasteiger partial charge in [-0.2, -0.15) is 13.2 Å². The van der Waals surface area contributed by atoms with E-state index in [2.05, 4.69) is 14.8 Å². The molecule has 1 aliphatic heterocycles. The molecule has 2 heterocycles. The molecule has 3 aromatic carbocycles. The van der Waals surface area contributed by atoms with Crippen molar-refractivity contribution in [2.24, 2.45) is 5.73 Å². The summed E-state index contributed by atoms with van der Waals surface area (Å²) in [6, 6.07) is 9.89. The highest BCUT2D eigenvalue weighted by Crippen LogP contribution is 2.40. The molecule has 0 spiro atoms. The minimum atomic E-state index is -4.81. The molecule has 0 bridgehead atoms. The van der Waals surface area contributed by atoms with Crippen molar-refractivity contribution >= 4 is 22.5 Å². The predicted octanol–water partition coefficient (Wildman–Crippen LogP) is 6.69. The number of benzene rings is 3. The first-order valence-electron chi connectivity index (χ1n) is 11.6. The maximum atomic E-state index is 14.7. The molecule has 4 aromatic rings. The zero-order valence-corrected chi connectivity index (χ0v) is 19.6. The Morgan fingerprint density at radius 3 is 2.42 bits per heavy atom. The van der Waals surface area contributed by atoms with Crippen molar-refractivity contribution in [2.45, 2.75) is 24.8 Å². The van der Waals surface area contributed by atoms with Crippen LogP contribution >= 0.6 is 0 Å². The molecule has 5 rings (SSSR count). The third kappa shape index (κ3) is 4.63. The highest BCUT2D eigenvalue weighted by Gasteiger charge is 2.35. The van der Waals surface area contributed by atoms with Crippen LogP contribution in [-0.4, -0.2) is 35.3 Å². The van der Waals surface area contributed by atoms with E-state index in [1.807, 2.05) is 0 Å². The summed E-state index contributed by atoms with van der Waals surface area (Å²) in [6.07, 6.45) is -5.79. The number of aromatic nitrogens is 2. The summed E-state index contributed by atoms with van der Waals surface area (Å²) in [4.78, 5) is 13.7. The van der Waals surface area contributed by atoms with Gasteiger partial charge in [-0.05, 0) is 42.3 Å². The Bertz CT molecular complexity index is 1580. The van der Waals surface area contributed by atoms with Gasteiger partial charge in [0.2, 0.25) is 11.6 Å². The maximum Gasteiger partial charge on any atom is 0.417 e. The molecular formula is C27H19F6N5. The van der Waals surface area contributed by atoms with Crippen LogP contribution < -0.4 is 10.6 Å². The lowest BCUT2D eigenvalue weighted by atomic mass is 9.96. The molecule has 1 aromatic heterocycles. The van der Waals surface area contributed by atoms with Gasteiger partial charge in [-0.3, -0.25) is 0 Å². The molecule has 0 unspecified atom stereocenters. The second-order valence-corrected chi connectivity index (χ2v) is 8.96. The quantitative estimate of drug-likeness (QED) is 0.238. The topological polar surface area (TPSA) is 59.4 Å². The molecule has 194 valence electrons. The number of halogens is 6. The highest BCUT2D eigenvalue weighted by molar-refractivity contribution is 5.96. The Hall–Kier alpha value is -4.17. The van der Waals surface area contributed by atoms with E-state index in [-0.39, 0.29) is 45.9 Å². The van der Waals surface area contributed by atoms with Crippen LogP contribution in [0.25, 0.3) is 38.1 Å². The number of hydrogen-bond donors (Lipinski definition) is 1. The van der Waals surface area contributed by atoms with E-state index in [1.54, 1.807) is 4.90 Å². The number of alkyl halides is 4. The minimum Gasteiger partial charge on any atom is -0.338 e. The summed E-state index contributed by atoms with van der Waals surface area (Å²) in [5, 5.41) is 0.225. The number of nitrogens with two attached hydrogens (primary N) is 1. The number of hydrogen-bond acceptors (Lipinski definition) is 4. The molecule has 0 aliphatic carbocycles. The van der Waals surface area contributed by atoms with Crippen molar-refractivity contribution in [1.82, 2.24) is 9.97 Å². The number of rotatable bonds is 3. The zero-order chi connectivity index (χ0) is 27.2. The van der Waals surface area contributed by atoms with Gasteiger partial charge in [0.25, 0.3) is 0 Å². The molecular weight excluding hydrogens is 508 g/mol. The first-order chi connectivity index (χ1) is 18.1. The second kappa shape index (κ2) is 9.61. The van der Waals surface area contributed by atoms with Gasteiger partial charge in [0.05, 0.1) is 29.9 Å². The smallest absolute Gasteiger partial charge is 0.338 e. The summed E-state index contributed by atoms with van der Waals surface area (Å²) in [5.74, 6) is -1.75. The van der Waals surface area contributed by atoms with Crippen LogP contribution in [0.2, 0.25) is 0 Å². The van der Waals surface area contributed by atoms with Crippen molar-refractivity contribution in [3.05, 3.63) is 83.2 Å². The third-order valence-corrected chi connectivity index (χ3v) is 6.51. The van der Waals surface area contributed by atoms with Crippen LogP contribution in [0, 0.1) is 18.2 Å². The van der Waals surface area contributed by atoms with Crippen LogP contribution in [0.1, 0.15) is 12.0 Å². The normalized spacial score (nSPS) is 18.0. The first kappa shape index (κ1) is 25.5. The van der Waals surface area contributed by atoms with Crippen molar-refractivity contribution in [3.63, 3.8) is 0 Å². The van der Waals surface area contributed by atoms with E-state index < -0.39 is 41.2 Å². The molecule has 0 radical (unpaired) electrons. The Balaban J connectivity index is 1.74. The predicted molar refractivity (Wildman–Crippen MR) is 131 cm³/mol. The SMILES string of the molecule is [C-]#[N+]c1ccc(-c2nc(N3CC[C@H](N)[C@H](F)C3)nc3ccc(-c4c(F)cccc4C(F)(F)F)cc23)cc1F. The lowest BCUT2D eigenvalue weighted by molar-refractivity contribution is -0.137. The van der Waals surface area contributed by atoms with E-state index in [1.165, 1.54) is 30.3 Å². The van der Waals surface area contributed by atoms with Crippen molar-refractivity contribution in [2.75, 3.05) is 18.0 Å². The van der Waals surface area contributed by atoms with Crippen LogP contribution in [0.3, 0.4) is 0 Å². The fourth-order valence-electron chi connectivity index (χ4n) is 4.54. The molecule has 2 N–H and O–H groups in total. The van der Waals surface area contributed by atoms with E-state index in [9.17, 15) is 26.3 Å². The lowest BCUT2D eigenvalue weighted by Crippen LogP contribution is -2.49. The summed E-state index contributed by atoms with van der Waals surface area (Å²) >= 11 is 0. The van der Waals surface area contributed by atoms with Crippen LogP contribution in [0.5, 0.6) is 0 Å². The minimum absolute atomic E-state index is 0.0701. The lowest BCUT2D eigenvalue weighted by Gasteiger charge is -2.33. The Kier molecular flexibility index (Phi) is 6.44. The molecule has 1 saturated heterocycles. The van der Waals surface area contributed by atoms with Gasteiger partial charge >= 0.3 is 6.18 Å². The average Bonchev–Trinajstić information content (AvgIpc) is 2.88. The van der Waals surface area contributed by atoms with Gasteiger partial charge < -0.3 is 10.6 Å². The first-order valence-corrected chi connectivity index (χ1v) is 11.6. The van der Waals surface area contributed by atoms with E-state index in [4.69, 9.17) is 12.3 Å². The second-order valence-electron chi connectivity index (χ2n) is 8.96. The molecule has 0 saturated carbocycles. The fraction of sp³-hybridized carbons (Fsp3) is 0.222. The monoisotopic (exact) mass is 527 g/mol. The van der Waals surface area contributed by atoms with Gasteiger partial charge in [-0.25, -0.2) is 28.0 Å². The summed E-state index contributed by atoms with van der Waals surface area (Å²) in [6.45, 7) is 7.38. The van der Waals surface area contributed by atoms with E-state index >= 15 is 0 Å². The molecule has 38 heavy (non-hydrogen) atoms. The van der Waals surface area contributed by atoms with E-state index in [0.717, 1.165) is 24.3 Å². The Morgan fingerprint density at radius 2 is 1.74 bits per heavy atom. The van der Waals surface area contributed by atoms with Crippen molar-refractivity contribution in [1.29, 1.82) is 0 Å². The van der Waals surface area contributed by atoms with Gasteiger partial charge in [-0.15, -0.1) is 0 Å². The summed E-state index contributed by atoms with van der Waals surface area (Å²) in [7, 11) is 0. The van der Waals surface area contributed by atoms with Crippen LogP contribution in [-0.2, 0) is 6.18 Å². The number of piperidine rings is 1. The van der Waals surface area contributed by atoms with Gasteiger partial charge in [-0.1, -0.05) is 24.3 Å². The van der Waals surface area contributed by atoms with Crippen LogP contribution in [0.4, 0.5) is 38.0 Å². The number of anilines is 1. The standard InChI is InChI=1S/C27H19F6N5/c1-35-23-8-6-15(12-19(23)29)25-16-11-14(24-17(27(31,32)33)3-2-4-18(24)28)5-7-22(16)36-26(37-25)38-10-9-21(34)20(30)13-38/h2-8,11-12,20-21H,9-10,13,34H2/t20-,21+/m1/s1. The molecule has 2 atom stereocenters. The third-order valence-electron chi connectivity index (χ3n) is 6.51. The molecule has 0 amide bonds.